The standard InChI is InChI=1S/C10H14S.C2H6/c1-7-5-9(6-7)10-4-3-8(2)11-10;1-2/h3-4,7,9H,5-6H2,1-2H3;1-2H3. The van der Waals surface area contributed by atoms with E-state index in [1.807, 2.05) is 25.2 Å². The van der Waals surface area contributed by atoms with Crippen molar-refractivity contribution in [3.63, 3.8) is 0 Å². The fraction of sp³-hybridized carbons (Fsp3) is 0.667. The molecule has 0 saturated heterocycles. The lowest BCUT2D eigenvalue weighted by Gasteiger charge is -2.31. The highest BCUT2D eigenvalue weighted by Crippen LogP contribution is 2.43. The molecule has 0 N–H and O–H groups in total. The lowest BCUT2D eigenvalue weighted by Crippen LogP contribution is -2.17. The zero-order valence-electron chi connectivity index (χ0n) is 9.13. The maximum absolute atomic E-state index is 2.34. The second-order valence-corrected chi connectivity index (χ2v) is 5.04. The Morgan fingerprint density at radius 3 is 2.23 bits per heavy atom. The van der Waals surface area contributed by atoms with Crippen molar-refractivity contribution in [1.29, 1.82) is 0 Å². The van der Waals surface area contributed by atoms with Crippen LogP contribution in [0.3, 0.4) is 0 Å². The molecule has 0 radical (unpaired) electrons. The lowest BCUT2D eigenvalue weighted by atomic mass is 9.75. The van der Waals surface area contributed by atoms with E-state index >= 15 is 0 Å². The first-order chi connectivity index (χ1) is 6.25. The summed E-state index contributed by atoms with van der Waals surface area (Å²) in [5, 5.41) is 0. The monoisotopic (exact) mass is 196 g/mol. The molecule has 0 aliphatic heterocycles. The summed E-state index contributed by atoms with van der Waals surface area (Å²) in [5.41, 5.74) is 0. The number of hydrogen-bond donors (Lipinski definition) is 0. The summed E-state index contributed by atoms with van der Waals surface area (Å²) in [4.78, 5) is 3.07. The Morgan fingerprint density at radius 1 is 1.23 bits per heavy atom. The highest BCUT2D eigenvalue weighted by Gasteiger charge is 2.27. The topological polar surface area (TPSA) is 0 Å². The van der Waals surface area contributed by atoms with Crippen molar-refractivity contribution < 1.29 is 0 Å². The molecule has 1 fully saturated rings. The molecule has 1 heteroatoms. The molecule has 1 aromatic rings. The summed E-state index contributed by atoms with van der Waals surface area (Å²) in [7, 11) is 0. The molecule has 1 saturated carbocycles. The zero-order chi connectivity index (χ0) is 9.84. The molecule has 0 aromatic carbocycles. The van der Waals surface area contributed by atoms with Crippen LogP contribution in [0.15, 0.2) is 12.1 Å². The molecular weight excluding hydrogens is 176 g/mol. The van der Waals surface area contributed by atoms with Crippen molar-refractivity contribution in [1.82, 2.24) is 0 Å². The molecule has 13 heavy (non-hydrogen) atoms. The zero-order valence-corrected chi connectivity index (χ0v) is 9.95. The Bertz CT molecular complexity index is 243. The van der Waals surface area contributed by atoms with Gasteiger partial charge in [-0.25, -0.2) is 0 Å². The second-order valence-electron chi connectivity index (χ2n) is 3.72. The van der Waals surface area contributed by atoms with Gasteiger partial charge in [0.15, 0.2) is 0 Å². The maximum atomic E-state index is 2.34. The Morgan fingerprint density at radius 2 is 1.85 bits per heavy atom. The summed E-state index contributed by atoms with van der Waals surface area (Å²) in [6.07, 6.45) is 2.83. The van der Waals surface area contributed by atoms with E-state index in [0.29, 0.717) is 0 Å². The predicted molar refractivity (Wildman–Crippen MR) is 61.5 cm³/mol. The van der Waals surface area contributed by atoms with Crippen molar-refractivity contribution in [3.8, 4) is 0 Å². The summed E-state index contributed by atoms with van der Waals surface area (Å²) in [6, 6.07) is 4.54. The molecule has 1 aromatic heterocycles. The van der Waals surface area contributed by atoms with E-state index in [1.165, 1.54) is 17.7 Å². The van der Waals surface area contributed by atoms with Crippen LogP contribution in [0, 0.1) is 12.8 Å². The van der Waals surface area contributed by atoms with E-state index in [1.54, 1.807) is 4.88 Å². The van der Waals surface area contributed by atoms with Crippen LogP contribution in [0.1, 0.15) is 49.3 Å². The van der Waals surface area contributed by atoms with Gasteiger partial charge in [0, 0.05) is 9.75 Å². The van der Waals surface area contributed by atoms with Gasteiger partial charge in [0.2, 0.25) is 0 Å². The highest BCUT2D eigenvalue weighted by molar-refractivity contribution is 7.12. The van der Waals surface area contributed by atoms with Gasteiger partial charge in [-0.3, -0.25) is 0 Å². The Kier molecular flexibility index (Phi) is 3.98. The third-order valence-corrected chi connectivity index (χ3v) is 3.70. The summed E-state index contributed by atoms with van der Waals surface area (Å²) < 4.78 is 0. The molecule has 1 aliphatic rings. The van der Waals surface area contributed by atoms with Crippen LogP contribution in [-0.4, -0.2) is 0 Å². The highest BCUT2D eigenvalue weighted by atomic mass is 32.1. The van der Waals surface area contributed by atoms with E-state index in [-0.39, 0.29) is 0 Å². The molecule has 0 amide bonds. The van der Waals surface area contributed by atoms with Crippen molar-refractivity contribution in [2.24, 2.45) is 5.92 Å². The molecule has 0 atom stereocenters. The normalized spacial score (nSPS) is 25.8. The van der Waals surface area contributed by atoms with Crippen molar-refractivity contribution in [2.45, 2.75) is 46.5 Å². The van der Waals surface area contributed by atoms with E-state index in [9.17, 15) is 0 Å². The average molecular weight is 196 g/mol. The summed E-state index contributed by atoms with van der Waals surface area (Å²) in [5.74, 6) is 1.88. The third-order valence-electron chi connectivity index (χ3n) is 2.54. The van der Waals surface area contributed by atoms with Gasteiger partial charge in [-0.15, -0.1) is 11.3 Å². The molecule has 0 unspecified atom stereocenters. The number of hydrogen-bond acceptors (Lipinski definition) is 1. The van der Waals surface area contributed by atoms with Gasteiger partial charge in [0.25, 0.3) is 0 Å². The predicted octanol–water partition coefficient (Wildman–Crippen LogP) is 4.60. The fourth-order valence-electron chi connectivity index (χ4n) is 1.81. The van der Waals surface area contributed by atoms with Crippen LogP contribution in [0.5, 0.6) is 0 Å². The first-order valence-corrected chi connectivity index (χ1v) is 6.13. The van der Waals surface area contributed by atoms with E-state index in [2.05, 4.69) is 26.0 Å². The first-order valence-electron chi connectivity index (χ1n) is 5.32. The molecule has 0 spiro atoms. The van der Waals surface area contributed by atoms with Gasteiger partial charge in [0.05, 0.1) is 0 Å². The molecule has 0 bridgehead atoms. The van der Waals surface area contributed by atoms with Gasteiger partial charge < -0.3 is 0 Å². The first kappa shape index (κ1) is 10.8. The van der Waals surface area contributed by atoms with E-state index in [0.717, 1.165) is 11.8 Å². The van der Waals surface area contributed by atoms with Crippen LogP contribution in [0.25, 0.3) is 0 Å². The van der Waals surface area contributed by atoms with Crippen molar-refractivity contribution >= 4 is 11.3 Å². The van der Waals surface area contributed by atoms with Gasteiger partial charge in [-0.2, -0.15) is 0 Å². The van der Waals surface area contributed by atoms with Gasteiger partial charge in [0.1, 0.15) is 0 Å². The Hall–Kier alpha value is -0.300. The minimum atomic E-state index is 0.906. The minimum absolute atomic E-state index is 0.906. The number of thiophene rings is 1. The molecule has 2 rings (SSSR count). The molecular formula is C12H20S. The van der Waals surface area contributed by atoms with Crippen LogP contribution < -0.4 is 0 Å². The minimum Gasteiger partial charge on any atom is -0.145 e. The summed E-state index contributed by atoms with van der Waals surface area (Å²) >= 11 is 1.97. The third kappa shape index (κ3) is 2.57. The van der Waals surface area contributed by atoms with Crippen LogP contribution in [0.4, 0.5) is 0 Å². The Balaban J connectivity index is 0.000000396. The largest absolute Gasteiger partial charge is 0.145 e. The Labute approximate surface area is 86.0 Å². The van der Waals surface area contributed by atoms with Crippen molar-refractivity contribution in [3.05, 3.63) is 21.9 Å². The SMILES string of the molecule is CC.Cc1ccc(C2CC(C)C2)s1. The smallest absolute Gasteiger partial charge is 0.00792 e. The second kappa shape index (κ2) is 4.80. The molecule has 1 aliphatic carbocycles. The van der Waals surface area contributed by atoms with Gasteiger partial charge in [-0.1, -0.05) is 20.8 Å². The van der Waals surface area contributed by atoms with E-state index < -0.39 is 0 Å². The fourth-order valence-corrected chi connectivity index (χ4v) is 2.81. The number of aryl methyl sites for hydroxylation is 1. The van der Waals surface area contributed by atoms with Gasteiger partial charge >= 0.3 is 0 Å². The van der Waals surface area contributed by atoms with Crippen molar-refractivity contribution in [2.75, 3.05) is 0 Å². The van der Waals surface area contributed by atoms with Crippen LogP contribution >= 0.6 is 11.3 Å². The molecule has 74 valence electrons. The van der Waals surface area contributed by atoms with Crippen LogP contribution in [-0.2, 0) is 0 Å². The maximum Gasteiger partial charge on any atom is 0.00792 e. The molecule has 0 nitrogen and oxygen atoms in total. The average Bonchev–Trinajstić information content (AvgIpc) is 2.50. The summed E-state index contributed by atoms with van der Waals surface area (Å²) in [6.45, 7) is 8.53. The molecule has 1 heterocycles. The van der Waals surface area contributed by atoms with Gasteiger partial charge in [-0.05, 0) is 43.7 Å². The van der Waals surface area contributed by atoms with Crippen LogP contribution in [0.2, 0.25) is 0 Å². The quantitative estimate of drug-likeness (QED) is 0.616. The lowest BCUT2D eigenvalue weighted by molar-refractivity contribution is 0.292. The van der Waals surface area contributed by atoms with E-state index in [4.69, 9.17) is 0 Å². The number of rotatable bonds is 1.